The van der Waals surface area contributed by atoms with E-state index in [1.54, 1.807) is 0 Å². The highest BCUT2D eigenvalue weighted by molar-refractivity contribution is 6.93. The molecule has 1 aliphatic carbocycles. The molecule has 3 nitrogen and oxygen atoms in total. The van der Waals surface area contributed by atoms with Crippen LogP contribution in [0.15, 0.2) is 132 Å². The lowest BCUT2D eigenvalue weighted by Gasteiger charge is -2.43. The lowest BCUT2D eigenvalue weighted by Crippen LogP contribution is -2.60. The van der Waals surface area contributed by atoms with Gasteiger partial charge in [-0.25, -0.2) is 0 Å². The van der Waals surface area contributed by atoms with Crippen LogP contribution in [0, 0.1) is 0 Å². The van der Waals surface area contributed by atoms with Gasteiger partial charge in [0, 0.05) is 44.2 Å². The topological polar surface area (TPSA) is 21.3 Å². The Morgan fingerprint density at radius 3 is 2.07 bits per heavy atom. The standard InChI is InChI=1S/C53H45BN2O/c1-51(2,3)30-17-20-32(21-18-30)56-45-29-41-38(33-13-9-11-15-40(33)53(41,7)8)28-39(45)35-22-23-37-47-44(26-24-36-34-14-10-12-16-46(34)57-50(36)47)55-43-25-19-31(52(4,5)6)27-42(43)54(56)48(35)49(37)55/h9-29H,1-8H3. The molecule has 0 bridgehead atoms. The van der Waals surface area contributed by atoms with Gasteiger partial charge in [0.15, 0.2) is 0 Å². The second kappa shape index (κ2) is 10.7. The summed E-state index contributed by atoms with van der Waals surface area (Å²) >= 11 is 0. The van der Waals surface area contributed by atoms with Gasteiger partial charge in [-0.2, -0.15) is 0 Å². The van der Waals surface area contributed by atoms with Gasteiger partial charge in [0.05, 0.1) is 16.4 Å². The number of anilines is 2. The summed E-state index contributed by atoms with van der Waals surface area (Å²) in [5.74, 6) is 0. The normalized spacial score (nSPS) is 15.1. The van der Waals surface area contributed by atoms with Gasteiger partial charge < -0.3 is 13.8 Å². The first-order chi connectivity index (χ1) is 27.3. The molecule has 0 saturated heterocycles. The Labute approximate surface area is 334 Å². The van der Waals surface area contributed by atoms with Crippen LogP contribution in [0.4, 0.5) is 11.4 Å². The molecular formula is C53H45BN2O. The van der Waals surface area contributed by atoms with E-state index in [9.17, 15) is 0 Å². The predicted molar refractivity (Wildman–Crippen MR) is 242 cm³/mol. The van der Waals surface area contributed by atoms with Crippen molar-refractivity contribution in [2.75, 3.05) is 4.81 Å². The zero-order valence-electron chi connectivity index (χ0n) is 34.0. The predicted octanol–water partition coefficient (Wildman–Crippen LogP) is 12.8. The van der Waals surface area contributed by atoms with Gasteiger partial charge in [-0.1, -0.05) is 134 Å². The smallest absolute Gasteiger partial charge is 0.333 e. The Hall–Kier alpha value is -6.00. The molecule has 0 spiro atoms. The minimum Gasteiger partial charge on any atom is -0.455 e. The van der Waals surface area contributed by atoms with Gasteiger partial charge in [0.25, 0.3) is 0 Å². The molecule has 0 radical (unpaired) electrons. The Morgan fingerprint density at radius 1 is 0.561 bits per heavy atom. The number of furan rings is 1. The fourth-order valence-electron chi connectivity index (χ4n) is 10.7. The van der Waals surface area contributed by atoms with Crippen LogP contribution in [0.2, 0.25) is 0 Å². The molecule has 4 heterocycles. The Morgan fingerprint density at radius 2 is 1.28 bits per heavy atom. The van der Waals surface area contributed by atoms with Crippen molar-refractivity contribution < 1.29 is 4.42 Å². The van der Waals surface area contributed by atoms with Crippen LogP contribution in [-0.4, -0.2) is 11.4 Å². The summed E-state index contributed by atoms with van der Waals surface area (Å²) in [6, 6.07) is 48.7. The highest BCUT2D eigenvalue weighted by Crippen LogP contribution is 2.54. The molecule has 0 saturated carbocycles. The van der Waals surface area contributed by atoms with Crippen molar-refractivity contribution in [1.29, 1.82) is 0 Å². The quantitative estimate of drug-likeness (QED) is 0.157. The number of benzene rings is 7. The molecule has 0 N–H and O–H groups in total. The summed E-state index contributed by atoms with van der Waals surface area (Å²) in [5.41, 5.74) is 21.4. The average Bonchev–Trinajstić information content (AvgIpc) is 3.82. The van der Waals surface area contributed by atoms with Crippen molar-refractivity contribution in [3.8, 4) is 27.9 Å². The van der Waals surface area contributed by atoms with Gasteiger partial charge >= 0.3 is 6.85 Å². The van der Waals surface area contributed by atoms with Crippen molar-refractivity contribution in [1.82, 2.24) is 4.57 Å². The van der Waals surface area contributed by atoms with Crippen LogP contribution in [0.5, 0.6) is 0 Å². The van der Waals surface area contributed by atoms with Crippen molar-refractivity contribution >= 4 is 72.9 Å². The van der Waals surface area contributed by atoms with Crippen molar-refractivity contribution in [3.63, 3.8) is 0 Å². The van der Waals surface area contributed by atoms with Gasteiger partial charge in [0.1, 0.15) is 11.2 Å². The first-order valence-electron chi connectivity index (χ1n) is 20.6. The largest absolute Gasteiger partial charge is 0.455 e. The van der Waals surface area contributed by atoms with Gasteiger partial charge in [-0.15, -0.1) is 0 Å². The van der Waals surface area contributed by atoms with Crippen LogP contribution in [-0.2, 0) is 16.2 Å². The van der Waals surface area contributed by atoms with E-state index in [0.29, 0.717) is 0 Å². The lowest BCUT2D eigenvalue weighted by atomic mass is 9.43. The third-order valence-corrected chi connectivity index (χ3v) is 13.7. The molecule has 57 heavy (non-hydrogen) atoms. The van der Waals surface area contributed by atoms with E-state index in [2.05, 4.69) is 192 Å². The zero-order valence-corrected chi connectivity index (χ0v) is 34.0. The number of hydrogen-bond acceptors (Lipinski definition) is 2. The maximum atomic E-state index is 6.81. The SMILES string of the molecule is CC(C)(C)c1ccc(N2B3c4cc(C(C)(C)C)ccc4-n4c5ccc6c7ccccc7oc6c5c5ccc(c3c54)-c3cc4c(cc32)C(C)(C)c2ccccc2-4)cc1. The average molecular weight is 737 g/mol. The van der Waals surface area contributed by atoms with E-state index in [-0.39, 0.29) is 23.1 Å². The molecule has 2 aromatic heterocycles. The van der Waals surface area contributed by atoms with Crippen LogP contribution in [0.3, 0.4) is 0 Å². The molecule has 9 aromatic rings. The Balaban J connectivity index is 1.25. The molecule has 0 atom stereocenters. The van der Waals surface area contributed by atoms with E-state index in [1.165, 1.54) is 94.3 Å². The molecule has 4 heteroatoms. The number of para-hydroxylation sites is 1. The summed E-state index contributed by atoms with van der Waals surface area (Å²) in [5, 5.41) is 4.75. The minimum atomic E-state index is -0.124. The third-order valence-electron chi connectivity index (χ3n) is 13.7. The number of hydrogen-bond donors (Lipinski definition) is 0. The fourth-order valence-corrected chi connectivity index (χ4v) is 10.7. The van der Waals surface area contributed by atoms with E-state index in [0.717, 1.165) is 21.9 Å². The van der Waals surface area contributed by atoms with Gasteiger partial charge in [-0.3, -0.25) is 0 Å². The van der Waals surface area contributed by atoms with E-state index in [4.69, 9.17) is 4.42 Å². The third kappa shape index (κ3) is 4.23. The highest BCUT2D eigenvalue weighted by Gasteiger charge is 2.46. The Bertz CT molecular complexity index is 3230. The summed E-state index contributed by atoms with van der Waals surface area (Å²) < 4.78 is 9.37. The second-order valence-corrected chi connectivity index (χ2v) is 19.4. The monoisotopic (exact) mass is 736 g/mol. The van der Waals surface area contributed by atoms with E-state index < -0.39 is 0 Å². The molecule has 3 aliphatic rings. The molecule has 2 aliphatic heterocycles. The fraction of sp³-hybridized carbons (Fsp3) is 0.208. The lowest BCUT2D eigenvalue weighted by molar-refractivity contribution is 0.590. The second-order valence-electron chi connectivity index (χ2n) is 19.4. The number of aromatic nitrogens is 1. The first-order valence-corrected chi connectivity index (χ1v) is 20.6. The molecule has 0 amide bonds. The molecule has 0 unspecified atom stereocenters. The maximum Gasteiger partial charge on any atom is 0.333 e. The summed E-state index contributed by atoms with van der Waals surface area (Å²) in [6.07, 6.45) is 0. The van der Waals surface area contributed by atoms with Crippen LogP contribution >= 0.6 is 0 Å². The molecule has 12 rings (SSSR count). The van der Waals surface area contributed by atoms with E-state index in [1.807, 2.05) is 0 Å². The summed E-state index contributed by atoms with van der Waals surface area (Å²) in [4.78, 5) is 2.69. The Kier molecular flexibility index (Phi) is 6.22. The van der Waals surface area contributed by atoms with Gasteiger partial charge in [-0.05, 0) is 109 Å². The number of nitrogens with zero attached hydrogens (tertiary/aromatic N) is 2. The van der Waals surface area contributed by atoms with Crippen molar-refractivity contribution in [3.05, 3.63) is 150 Å². The van der Waals surface area contributed by atoms with E-state index >= 15 is 0 Å². The minimum absolute atomic E-state index is 0.0221. The number of rotatable bonds is 1. The zero-order chi connectivity index (χ0) is 38.9. The first kappa shape index (κ1) is 33.2. The van der Waals surface area contributed by atoms with Crippen molar-refractivity contribution in [2.45, 2.75) is 71.6 Å². The molecule has 7 aromatic carbocycles. The van der Waals surface area contributed by atoms with Gasteiger partial charge in [0.2, 0.25) is 0 Å². The number of fused-ring (bicyclic) bond motifs is 15. The van der Waals surface area contributed by atoms with Crippen molar-refractivity contribution in [2.24, 2.45) is 0 Å². The van der Waals surface area contributed by atoms with Crippen LogP contribution < -0.4 is 15.7 Å². The molecule has 0 fully saturated rings. The van der Waals surface area contributed by atoms with Crippen LogP contribution in [0.1, 0.15) is 77.6 Å². The summed E-state index contributed by atoms with van der Waals surface area (Å²) in [6.45, 7) is 18.7. The highest BCUT2D eigenvalue weighted by atomic mass is 16.3. The summed E-state index contributed by atoms with van der Waals surface area (Å²) in [7, 11) is 0. The maximum absolute atomic E-state index is 6.81. The molecule has 276 valence electrons. The molecular weight excluding hydrogens is 691 g/mol. The van der Waals surface area contributed by atoms with Crippen LogP contribution in [0.25, 0.3) is 71.7 Å².